The van der Waals surface area contributed by atoms with E-state index in [0.717, 1.165) is 11.5 Å². The zero-order chi connectivity index (χ0) is 12.6. The first kappa shape index (κ1) is 23.3. The molecule has 0 aliphatic rings. The molecule has 0 aromatic rings. The van der Waals surface area contributed by atoms with Crippen LogP contribution in [-0.4, -0.2) is 37.5 Å². The van der Waals surface area contributed by atoms with Gasteiger partial charge in [-0.3, -0.25) is 10.8 Å². The quantitative estimate of drug-likeness (QED) is 0.320. The van der Waals surface area contributed by atoms with Gasteiger partial charge in [0.2, 0.25) is 0 Å². The standard InChI is InChI=1S/C10H20N2O2S2.2ClH/c1-10(2,9(12)14-4)7-16-15-6-5-8(11)13-3;;/h11-12H,5-7H2,1-4H3;2*1H. The molecule has 0 aromatic carbocycles. The Kier molecular flexibility index (Phi) is 15.9. The minimum absolute atomic E-state index is 0. The Morgan fingerprint density at radius 1 is 1.06 bits per heavy atom. The molecule has 0 saturated carbocycles. The van der Waals surface area contributed by atoms with Gasteiger partial charge in [0.25, 0.3) is 0 Å². The highest BCUT2D eigenvalue weighted by atomic mass is 35.5. The minimum atomic E-state index is -0.235. The molecule has 110 valence electrons. The predicted molar refractivity (Wildman–Crippen MR) is 87.3 cm³/mol. The molecular weight excluding hydrogens is 315 g/mol. The molecule has 0 aromatic heterocycles. The third-order valence-corrected chi connectivity index (χ3v) is 4.71. The largest absolute Gasteiger partial charge is 0.484 e. The first-order chi connectivity index (χ1) is 7.44. The molecule has 0 unspecified atom stereocenters. The Morgan fingerprint density at radius 2 is 1.61 bits per heavy atom. The summed E-state index contributed by atoms with van der Waals surface area (Å²) in [6, 6.07) is 0. The molecular formula is C10H22Cl2N2O2S2. The molecule has 0 atom stereocenters. The molecule has 0 bridgehead atoms. The summed E-state index contributed by atoms with van der Waals surface area (Å²) in [7, 11) is 6.44. The molecule has 0 aliphatic heterocycles. The molecule has 8 heteroatoms. The molecule has 0 rings (SSSR count). The summed E-state index contributed by atoms with van der Waals surface area (Å²) in [6.45, 7) is 3.98. The van der Waals surface area contributed by atoms with Crippen molar-refractivity contribution in [3.63, 3.8) is 0 Å². The van der Waals surface area contributed by atoms with E-state index in [-0.39, 0.29) is 30.2 Å². The second-order valence-electron chi connectivity index (χ2n) is 3.88. The van der Waals surface area contributed by atoms with Gasteiger partial charge in [-0.25, -0.2) is 0 Å². The van der Waals surface area contributed by atoms with Crippen LogP contribution in [0.1, 0.15) is 20.3 Å². The Balaban J connectivity index is -0.00000112. The Bertz CT molecular complexity index is 254. The Labute approximate surface area is 130 Å². The van der Waals surface area contributed by atoms with Gasteiger partial charge in [-0.2, -0.15) is 0 Å². The fourth-order valence-corrected chi connectivity index (χ4v) is 3.46. The third-order valence-electron chi connectivity index (χ3n) is 1.98. The summed E-state index contributed by atoms with van der Waals surface area (Å²) in [5.41, 5.74) is -0.235. The van der Waals surface area contributed by atoms with Crippen LogP contribution in [-0.2, 0) is 9.47 Å². The van der Waals surface area contributed by atoms with Gasteiger partial charge in [-0.05, 0) is 0 Å². The van der Waals surface area contributed by atoms with E-state index in [4.69, 9.17) is 20.3 Å². The zero-order valence-electron chi connectivity index (χ0n) is 11.1. The number of rotatable bonds is 7. The van der Waals surface area contributed by atoms with E-state index in [1.165, 1.54) is 14.2 Å². The van der Waals surface area contributed by atoms with Gasteiger partial charge in [0.05, 0.1) is 19.6 Å². The third kappa shape index (κ3) is 10.2. The number of nitrogens with one attached hydrogen (secondary N) is 2. The van der Waals surface area contributed by atoms with Crippen molar-refractivity contribution in [2.24, 2.45) is 5.41 Å². The maximum absolute atomic E-state index is 7.62. The van der Waals surface area contributed by atoms with E-state index >= 15 is 0 Å². The highest BCUT2D eigenvalue weighted by Gasteiger charge is 2.24. The summed E-state index contributed by atoms with van der Waals surface area (Å²) in [4.78, 5) is 0. The van der Waals surface area contributed by atoms with Crippen LogP contribution >= 0.6 is 46.4 Å². The summed E-state index contributed by atoms with van der Waals surface area (Å²) in [5, 5.41) is 14.9. The second-order valence-corrected chi connectivity index (χ2v) is 6.46. The fourth-order valence-electron chi connectivity index (χ4n) is 0.826. The first-order valence-electron chi connectivity index (χ1n) is 4.93. The topological polar surface area (TPSA) is 66.2 Å². The lowest BCUT2D eigenvalue weighted by molar-refractivity contribution is 0.335. The average Bonchev–Trinajstić information content (AvgIpc) is 2.26. The van der Waals surface area contributed by atoms with Crippen molar-refractivity contribution in [1.29, 1.82) is 10.8 Å². The molecule has 0 heterocycles. The molecule has 0 aliphatic carbocycles. The van der Waals surface area contributed by atoms with Gasteiger partial charge >= 0.3 is 0 Å². The number of halogens is 2. The van der Waals surface area contributed by atoms with Crippen LogP contribution < -0.4 is 0 Å². The zero-order valence-corrected chi connectivity index (χ0v) is 14.3. The van der Waals surface area contributed by atoms with Crippen molar-refractivity contribution < 1.29 is 9.47 Å². The van der Waals surface area contributed by atoms with Gasteiger partial charge in [0.15, 0.2) is 11.8 Å². The smallest absolute Gasteiger partial charge is 0.186 e. The lowest BCUT2D eigenvalue weighted by atomic mass is 9.96. The number of methoxy groups -OCH3 is 2. The van der Waals surface area contributed by atoms with Crippen LogP contribution in [0.4, 0.5) is 0 Å². The average molecular weight is 337 g/mol. The van der Waals surface area contributed by atoms with Gasteiger partial charge in [-0.1, -0.05) is 35.4 Å². The Morgan fingerprint density at radius 3 is 2.06 bits per heavy atom. The van der Waals surface area contributed by atoms with Crippen molar-refractivity contribution in [1.82, 2.24) is 0 Å². The number of ether oxygens (including phenoxy) is 2. The second kappa shape index (κ2) is 12.3. The number of hydrogen-bond donors (Lipinski definition) is 2. The van der Waals surface area contributed by atoms with E-state index in [2.05, 4.69) is 0 Å². The molecule has 0 saturated heterocycles. The van der Waals surface area contributed by atoms with Crippen molar-refractivity contribution in [3.8, 4) is 0 Å². The molecule has 2 N–H and O–H groups in total. The monoisotopic (exact) mass is 336 g/mol. The normalized spacial score (nSPS) is 9.78. The SMILES string of the molecule is COC(=N)CCSSCC(C)(C)C(=N)OC.Cl.Cl. The molecule has 0 radical (unpaired) electrons. The van der Waals surface area contributed by atoms with E-state index in [0.29, 0.717) is 18.2 Å². The van der Waals surface area contributed by atoms with Crippen LogP contribution in [0.2, 0.25) is 0 Å². The van der Waals surface area contributed by atoms with E-state index in [1.807, 2.05) is 13.8 Å². The van der Waals surface area contributed by atoms with Crippen LogP contribution in [0.25, 0.3) is 0 Å². The van der Waals surface area contributed by atoms with Gasteiger partial charge in [0.1, 0.15) is 0 Å². The lowest BCUT2D eigenvalue weighted by Crippen LogP contribution is -2.27. The van der Waals surface area contributed by atoms with E-state index < -0.39 is 0 Å². The fraction of sp³-hybridized carbons (Fsp3) is 0.800. The highest BCUT2D eigenvalue weighted by Crippen LogP contribution is 2.31. The highest BCUT2D eigenvalue weighted by molar-refractivity contribution is 8.76. The maximum Gasteiger partial charge on any atom is 0.186 e. The van der Waals surface area contributed by atoms with Crippen molar-refractivity contribution in [3.05, 3.63) is 0 Å². The summed E-state index contributed by atoms with van der Waals surface area (Å²) >= 11 is 0. The molecule has 18 heavy (non-hydrogen) atoms. The van der Waals surface area contributed by atoms with Gasteiger partial charge in [0, 0.05) is 17.9 Å². The van der Waals surface area contributed by atoms with E-state index in [9.17, 15) is 0 Å². The van der Waals surface area contributed by atoms with Crippen molar-refractivity contribution in [2.45, 2.75) is 20.3 Å². The molecule has 0 fully saturated rings. The van der Waals surface area contributed by atoms with Crippen LogP contribution in [0.3, 0.4) is 0 Å². The number of hydrogen-bond acceptors (Lipinski definition) is 6. The molecule has 0 amide bonds. The maximum atomic E-state index is 7.62. The predicted octanol–water partition coefficient (Wildman–Crippen LogP) is 3.88. The summed E-state index contributed by atoms with van der Waals surface area (Å²) < 4.78 is 9.69. The minimum Gasteiger partial charge on any atom is -0.484 e. The van der Waals surface area contributed by atoms with Crippen LogP contribution in [0.15, 0.2) is 0 Å². The molecule has 0 spiro atoms. The first-order valence-corrected chi connectivity index (χ1v) is 7.41. The van der Waals surface area contributed by atoms with E-state index in [1.54, 1.807) is 21.6 Å². The van der Waals surface area contributed by atoms with Crippen molar-refractivity contribution >= 4 is 58.2 Å². The summed E-state index contributed by atoms with van der Waals surface area (Å²) in [6.07, 6.45) is 0.649. The molecule has 4 nitrogen and oxygen atoms in total. The Hall–Kier alpha value is 0.220. The van der Waals surface area contributed by atoms with Crippen LogP contribution in [0, 0.1) is 16.2 Å². The van der Waals surface area contributed by atoms with Crippen LogP contribution in [0.5, 0.6) is 0 Å². The summed E-state index contributed by atoms with van der Waals surface area (Å²) in [5.74, 6) is 2.31. The van der Waals surface area contributed by atoms with Crippen molar-refractivity contribution in [2.75, 3.05) is 25.7 Å². The van der Waals surface area contributed by atoms with Gasteiger partial charge < -0.3 is 9.47 Å². The van der Waals surface area contributed by atoms with Gasteiger partial charge in [-0.15, -0.1) is 24.8 Å². The lowest BCUT2D eigenvalue weighted by Gasteiger charge is -2.23.